The van der Waals surface area contributed by atoms with E-state index in [0.29, 0.717) is 11.3 Å². The molecule has 23 heavy (non-hydrogen) atoms. The molecule has 0 radical (unpaired) electrons. The van der Waals surface area contributed by atoms with Crippen molar-refractivity contribution in [3.8, 4) is 0 Å². The highest BCUT2D eigenvalue weighted by molar-refractivity contribution is 7.92. The van der Waals surface area contributed by atoms with Gasteiger partial charge in [-0.1, -0.05) is 30.3 Å². The topological polar surface area (TPSA) is 57.7 Å². The van der Waals surface area contributed by atoms with E-state index in [4.69, 9.17) is 0 Å². The van der Waals surface area contributed by atoms with Crippen LogP contribution in [0.4, 0.5) is 5.69 Å². The van der Waals surface area contributed by atoms with E-state index in [1.165, 1.54) is 15.5 Å². The van der Waals surface area contributed by atoms with E-state index in [1.54, 1.807) is 38.4 Å². The van der Waals surface area contributed by atoms with Crippen LogP contribution >= 0.6 is 0 Å². The fourth-order valence-corrected chi connectivity index (χ4v) is 3.07. The van der Waals surface area contributed by atoms with Crippen LogP contribution in [0.15, 0.2) is 54.6 Å². The van der Waals surface area contributed by atoms with Crippen LogP contribution in [-0.2, 0) is 16.6 Å². The van der Waals surface area contributed by atoms with Gasteiger partial charge >= 0.3 is 0 Å². The monoisotopic (exact) mass is 332 g/mol. The Bertz CT molecular complexity index is 769. The summed E-state index contributed by atoms with van der Waals surface area (Å²) >= 11 is 0. The van der Waals surface area contributed by atoms with Gasteiger partial charge in [-0.15, -0.1) is 0 Å². The van der Waals surface area contributed by atoms with Crippen molar-refractivity contribution in [3.63, 3.8) is 0 Å². The van der Waals surface area contributed by atoms with Gasteiger partial charge in [0.15, 0.2) is 0 Å². The first-order valence-corrected chi connectivity index (χ1v) is 8.97. The summed E-state index contributed by atoms with van der Waals surface area (Å²) < 4.78 is 25.6. The van der Waals surface area contributed by atoms with E-state index in [0.717, 1.165) is 5.56 Å². The molecule has 5 nitrogen and oxygen atoms in total. The van der Waals surface area contributed by atoms with Crippen LogP contribution in [0.2, 0.25) is 0 Å². The number of hydrogen-bond donors (Lipinski definition) is 0. The van der Waals surface area contributed by atoms with Gasteiger partial charge in [0.05, 0.1) is 18.5 Å². The molecule has 0 atom stereocenters. The van der Waals surface area contributed by atoms with E-state index in [9.17, 15) is 13.2 Å². The second-order valence-corrected chi connectivity index (χ2v) is 7.41. The predicted octanol–water partition coefficient (Wildman–Crippen LogP) is 2.35. The van der Waals surface area contributed by atoms with Crippen molar-refractivity contribution in [1.82, 2.24) is 4.90 Å². The molecule has 0 saturated carbocycles. The molecule has 1 amide bonds. The summed E-state index contributed by atoms with van der Waals surface area (Å²) in [6.45, 7) is 0.251. The van der Waals surface area contributed by atoms with Gasteiger partial charge in [0.25, 0.3) is 5.91 Å². The molecule has 0 unspecified atom stereocenters. The van der Waals surface area contributed by atoms with Crippen molar-refractivity contribution in [2.24, 2.45) is 0 Å². The minimum Gasteiger partial charge on any atom is -0.345 e. The van der Waals surface area contributed by atoms with Gasteiger partial charge in [0.1, 0.15) is 0 Å². The van der Waals surface area contributed by atoms with E-state index in [1.807, 2.05) is 30.3 Å². The van der Waals surface area contributed by atoms with Crippen molar-refractivity contribution in [1.29, 1.82) is 0 Å². The highest BCUT2D eigenvalue weighted by atomic mass is 32.2. The molecule has 2 rings (SSSR count). The van der Waals surface area contributed by atoms with Crippen LogP contribution in [0.1, 0.15) is 15.9 Å². The normalized spacial score (nSPS) is 11.1. The zero-order chi connectivity index (χ0) is 17.0. The minimum absolute atomic E-state index is 0.120. The molecular weight excluding hydrogens is 312 g/mol. The molecule has 0 bridgehead atoms. The molecule has 0 aliphatic heterocycles. The summed E-state index contributed by atoms with van der Waals surface area (Å²) in [6, 6.07) is 16.0. The maximum absolute atomic E-state index is 12.1. The van der Waals surface area contributed by atoms with Crippen molar-refractivity contribution in [2.75, 3.05) is 24.7 Å². The Morgan fingerprint density at radius 1 is 0.957 bits per heavy atom. The van der Waals surface area contributed by atoms with Crippen LogP contribution in [0.5, 0.6) is 0 Å². The molecule has 0 aromatic heterocycles. The lowest BCUT2D eigenvalue weighted by atomic mass is 10.1. The minimum atomic E-state index is -3.43. The number of amides is 1. The van der Waals surface area contributed by atoms with E-state index in [2.05, 4.69) is 0 Å². The van der Waals surface area contributed by atoms with Gasteiger partial charge in [0, 0.05) is 19.7 Å². The zero-order valence-electron chi connectivity index (χ0n) is 13.4. The van der Waals surface area contributed by atoms with Crippen molar-refractivity contribution < 1.29 is 13.2 Å². The molecule has 2 aromatic rings. The number of hydrogen-bond acceptors (Lipinski definition) is 3. The lowest BCUT2D eigenvalue weighted by Crippen LogP contribution is -2.29. The Labute approximate surface area is 137 Å². The molecule has 2 aromatic carbocycles. The van der Waals surface area contributed by atoms with Gasteiger partial charge in [-0.25, -0.2) is 8.42 Å². The van der Waals surface area contributed by atoms with Gasteiger partial charge < -0.3 is 4.90 Å². The molecule has 0 N–H and O–H groups in total. The zero-order valence-corrected chi connectivity index (χ0v) is 14.2. The maximum atomic E-state index is 12.1. The second kappa shape index (κ2) is 6.83. The number of sulfonamides is 1. The molecular formula is C17H20N2O3S. The Kier molecular flexibility index (Phi) is 5.05. The summed E-state index contributed by atoms with van der Waals surface area (Å²) in [5.74, 6) is -0.120. The average molecular weight is 332 g/mol. The first-order chi connectivity index (χ1) is 10.8. The molecule has 0 spiro atoms. The first kappa shape index (κ1) is 17.0. The van der Waals surface area contributed by atoms with Crippen LogP contribution in [0.3, 0.4) is 0 Å². The molecule has 122 valence electrons. The SMILES string of the molecule is CN(C)C(=O)c1ccc(N(Cc2ccccc2)S(C)(=O)=O)cc1. The molecule has 0 aliphatic rings. The Morgan fingerprint density at radius 3 is 2.00 bits per heavy atom. The quantitative estimate of drug-likeness (QED) is 0.844. The molecule has 0 aliphatic carbocycles. The van der Waals surface area contributed by atoms with Crippen molar-refractivity contribution in [2.45, 2.75) is 6.54 Å². The third-order valence-electron chi connectivity index (χ3n) is 3.38. The Hall–Kier alpha value is -2.34. The third kappa shape index (κ3) is 4.32. The number of benzene rings is 2. The number of carbonyl (C=O) groups excluding carboxylic acids is 1. The van der Waals surface area contributed by atoms with Gasteiger partial charge in [-0.05, 0) is 29.8 Å². The van der Waals surface area contributed by atoms with Gasteiger partial charge in [0.2, 0.25) is 10.0 Å². The standard InChI is InChI=1S/C17H20N2O3S/c1-18(2)17(20)15-9-11-16(12-10-15)19(23(3,21)22)13-14-7-5-4-6-8-14/h4-12H,13H2,1-3H3. The van der Waals surface area contributed by atoms with E-state index in [-0.39, 0.29) is 12.5 Å². The predicted molar refractivity (Wildman–Crippen MR) is 91.9 cm³/mol. The fourth-order valence-electron chi connectivity index (χ4n) is 2.18. The molecule has 0 fully saturated rings. The summed E-state index contributed by atoms with van der Waals surface area (Å²) in [5, 5.41) is 0. The van der Waals surface area contributed by atoms with Crippen LogP contribution in [-0.4, -0.2) is 39.6 Å². The van der Waals surface area contributed by atoms with Crippen LogP contribution in [0.25, 0.3) is 0 Å². The van der Waals surface area contributed by atoms with Gasteiger partial charge in [-0.2, -0.15) is 0 Å². The summed E-state index contributed by atoms with van der Waals surface area (Å²) in [7, 11) is -0.0775. The van der Waals surface area contributed by atoms with E-state index < -0.39 is 10.0 Å². The third-order valence-corrected chi connectivity index (χ3v) is 4.52. The lowest BCUT2D eigenvalue weighted by Gasteiger charge is -2.23. The van der Waals surface area contributed by atoms with Gasteiger partial charge in [-0.3, -0.25) is 9.10 Å². The summed E-state index contributed by atoms with van der Waals surface area (Å²) in [6.07, 6.45) is 1.18. The molecule has 0 heterocycles. The lowest BCUT2D eigenvalue weighted by molar-refractivity contribution is 0.0827. The first-order valence-electron chi connectivity index (χ1n) is 7.12. The van der Waals surface area contributed by atoms with Crippen molar-refractivity contribution in [3.05, 3.63) is 65.7 Å². The average Bonchev–Trinajstić information content (AvgIpc) is 2.52. The maximum Gasteiger partial charge on any atom is 0.253 e. The van der Waals surface area contributed by atoms with Crippen molar-refractivity contribution >= 4 is 21.6 Å². The number of anilines is 1. The summed E-state index contributed by atoms with van der Waals surface area (Å²) in [4.78, 5) is 13.4. The summed E-state index contributed by atoms with van der Waals surface area (Å²) in [5.41, 5.74) is 1.95. The molecule has 6 heteroatoms. The smallest absolute Gasteiger partial charge is 0.253 e. The number of rotatable bonds is 5. The highest BCUT2D eigenvalue weighted by Gasteiger charge is 2.18. The fraction of sp³-hybridized carbons (Fsp3) is 0.235. The second-order valence-electron chi connectivity index (χ2n) is 5.50. The Morgan fingerprint density at radius 2 is 1.52 bits per heavy atom. The highest BCUT2D eigenvalue weighted by Crippen LogP contribution is 2.21. The Balaban J connectivity index is 2.32. The van der Waals surface area contributed by atoms with Crippen LogP contribution < -0.4 is 4.31 Å². The number of carbonyl (C=O) groups is 1. The largest absolute Gasteiger partial charge is 0.345 e. The van der Waals surface area contributed by atoms with Crippen LogP contribution in [0, 0.1) is 0 Å². The van der Waals surface area contributed by atoms with E-state index >= 15 is 0 Å². The number of nitrogens with zero attached hydrogens (tertiary/aromatic N) is 2. The molecule has 0 saturated heterocycles.